The van der Waals surface area contributed by atoms with Crippen LogP contribution in [-0.4, -0.2) is 49.8 Å². The maximum atomic E-state index is 10.5. The van der Waals surface area contributed by atoms with Crippen LogP contribution in [0.2, 0.25) is 0 Å². The molecule has 134 valence electrons. The summed E-state index contributed by atoms with van der Waals surface area (Å²) in [7, 11) is 1.72. The molecule has 1 fully saturated rings. The van der Waals surface area contributed by atoms with Gasteiger partial charge < -0.3 is 14.7 Å². The maximum Gasteiger partial charge on any atom is 0.142 e. The summed E-state index contributed by atoms with van der Waals surface area (Å²) in [6, 6.07) is 16.3. The second-order valence-electron chi connectivity index (χ2n) is 6.66. The van der Waals surface area contributed by atoms with Crippen molar-refractivity contribution >= 4 is 5.69 Å². The molecule has 0 aromatic heterocycles. The van der Waals surface area contributed by atoms with Gasteiger partial charge in [-0.25, -0.2) is 0 Å². The Labute approximate surface area is 150 Å². The molecule has 0 radical (unpaired) electrons. The van der Waals surface area contributed by atoms with Gasteiger partial charge in [0.25, 0.3) is 0 Å². The highest BCUT2D eigenvalue weighted by atomic mass is 16.5. The fraction of sp³-hybridized carbons (Fsp3) is 0.429. The number of methoxy groups -OCH3 is 1. The van der Waals surface area contributed by atoms with Crippen molar-refractivity contribution in [1.29, 1.82) is 0 Å². The molecule has 0 bridgehead atoms. The quantitative estimate of drug-likeness (QED) is 0.876. The highest BCUT2D eigenvalue weighted by Crippen LogP contribution is 2.28. The van der Waals surface area contributed by atoms with Crippen molar-refractivity contribution in [3.8, 4) is 5.75 Å². The standard InChI is InChI=1S/C21H28N2O2/c1-17-7-3-4-8-18(17)20(24)11-12-22-13-15-23(16-14-22)19-9-5-6-10-21(19)25-2/h3-10,20,24H,11-16H2,1-2H3. The molecule has 4 heteroatoms. The van der Waals surface area contributed by atoms with Crippen molar-refractivity contribution in [2.24, 2.45) is 0 Å². The van der Waals surface area contributed by atoms with E-state index in [1.165, 1.54) is 5.69 Å². The van der Waals surface area contributed by atoms with Crippen LogP contribution in [0, 0.1) is 6.92 Å². The van der Waals surface area contributed by atoms with E-state index in [1.807, 2.05) is 30.3 Å². The van der Waals surface area contributed by atoms with Crippen LogP contribution in [0.5, 0.6) is 5.75 Å². The molecule has 25 heavy (non-hydrogen) atoms. The fourth-order valence-corrected chi connectivity index (χ4v) is 3.52. The van der Waals surface area contributed by atoms with Gasteiger partial charge in [-0.15, -0.1) is 0 Å². The van der Waals surface area contributed by atoms with Gasteiger partial charge in [0, 0.05) is 32.7 Å². The summed E-state index contributed by atoms with van der Waals surface area (Å²) in [5.74, 6) is 0.936. The van der Waals surface area contributed by atoms with E-state index in [0.717, 1.165) is 56.0 Å². The molecular formula is C21H28N2O2. The van der Waals surface area contributed by atoms with Crippen molar-refractivity contribution < 1.29 is 9.84 Å². The Kier molecular flexibility index (Phi) is 5.95. The van der Waals surface area contributed by atoms with Crippen LogP contribution >= 0.6 is 0 Å². The predicted molar refractivity (Wildman–Crippen MR) is 102 cm³/mol. The summed E-state index contributed by atoms with van der Waals surface area (Å²) in [6.07, 6.45) is 0.396. The molecule has 0 amide bonds. The van der Waals surface area contributed by atoms with Crippen LogP contribution in [0.1, 0.15) is 23.7 Å². The van der Waals surface area contributed by atoms with Gasteiger partial charge in [-0.2, -0.15) is 0 Å². The first-order chi connectivity index (χ1) is 12.2. The Balaban J connectivity index is 1.50. The molecule has 1 aliphatic rings. The molecule has 0 saturated carbocycles. The van der Waals surface area contributed by atoms with Gasteiger partial charge in [-0.1, -0.05) is 36.4 Å². The largest absolute Gasteiger partial charge is 0.495 e. The third-order valence-electron chi connectivity index (χ3n) is 5.06. The molecule has 1 unspecified atom stereocenters. The van der Waals surface area contributed by atoms with Gasteiger partial charge in [-0.3, -0.25) is 4.90 Å². The first-order valence-electron chi connectivity index (χ1n) is 9.03. The first kappa shape index (κ1) is 17.8. The summed E-state index contributed by atoms with van der Waals surface area (Å²) in [4.78, 5) is 4.82. The van der Waals surface area contributed by atoms with Crippen LogP contribution in [0.25, 0.3) is 0 Å². The molecule has 1 N–H and O–H groups in total. The van der Waals surface area contributed by atoms with Gasteiger partial charge >= 0.3 is 0 Å². The number of benzene rings is 2. The van der Waals surface area contributed by atoms with E-state index in [2.05, 4.69) is 34.9 Å². The van der Waals surface area contributed by atoms with E-state index >= 15 is 0 Å². The summed E-state index contributed by atoms with van der Waals surface area (Å²) in [6.45, 7) is 6.98. The number of nitrogens with zero attached hydrogens (tertiary/aromatic N) is 2. The number of aryl methyl sites for hydroxylation is 1. The molecule has 2 aromatic carbocycles. The third-order valence-corrected chi connectivity index (χ3v) is 5.06. The number of para-hydroxylation sites is 2. The van der Waals surface area contributed by atoms with Crippen LogP contribution in [0.3, 0.4) is 0 Å². The number of hydrogen-bond acceptors (Lipinski definition) is 4. The molecule has 4 nitrogen and oxygen atoms in total. The average molecular weight is 340 g/mol. The van der Waals surface area contributed by atoms with Gasteiger partial charge in [0.2, 0.25) is 0 Å². The number of ether oxygens (including phenoxy) is 1. The summed E-state index contributed by atoms with van der Waals surface area (Å²) >= 11 is 0. The van der Waals surface area contributed by atoms with Crippen molar-refractivity contribution in [3.63, 3.8) is 0 Å². The SMILES string of the molecule is COc1ccccc1N1CCN(CCC(O)c2ccccc2C)CC1. The number of hydrogen-bond donors (Lipinski definition) is 1. The second kappa shape index (κ2) is 8.37. The Bertz CT molecular complexity index is 681. The lowest BCUT2D eigenvalue weighted by atomic mass is 10.0. The molecule has 1 aliphatic heterocycles. The topological polar surface area (TPSA) is 35.9 Å². The van der Waals surface area contributed by atoms with Gasteiger partial charge in [0.15, 0.2) is 0 Å². The van der Waals surface area contributed by atoms with Crippen molar-refractivity contribution in [2.45, 2.75) is 19.4 Å². The number of aliphatic hydroxyl groups is 1. The minimum atomic E-state index is -0.381. The number of aliphatic hydroxyl groups excluding tert-OH is 1. The number of piperazine rings is 1. The predicted octanol–water partition coefficient (Wildman–Crippen LogP) is 3.25. The summed E-state index contributed by atoms with van der Waals surface area (Å²) in [5, 5.41) is 10.5. The second-order valence-corrected chi connectivity index (χ2v) is 6.66. The Morgan fingerprint density at radius 1 is 1.00 bits per heavy atom. The van der Waals surface area contributed by atoms with Crippen LogP contribution in [0.4, 0.5) is 5.69 Å². The highest BCUT2D eigenvalue weighted by Gasteiger charge is 2.20. The van der Waals surface area contributed by atoms with E-state index in [-0.39, 0.29) is 6.10 Å². The van der Waals surface area contributed by atoms with Gasteiger partial charge in [0.05, 0.1) is 18.9 Å². The Morgan fingerprint density at radius 3 is 2.40 bits per heavy atom. The highest BCUT2D eigenvalue weighted by molar-refractivity contribution is 5.58. The van der Waals surface area contributed by atoms with Crippen molar-refractivity contribution in [3.05, 3.63) is 59.7 Å². The average Bonchev–Trinajstić information content (AvgIpc) is 2.67. The zero-order valence-corrected chi connectivity index (χ0v) is 15.2. The Hall–Kier alpha value is -2.04. The van der Waals surface area contributed by atoms with Crippen molar-refractivity contribution in [1.82, 2.24) is 4.90 Å². The lowest BCUT2D eigenvalue weighted by Gasteiger charge is -2.37. The van der Waals surface area contributed by atoms with Crippen LogP contribution in [0.15, 0.2) is 48.5 Å². The lowest BCUT2D eigenvalue weighted by Crippen LogP contribution is -2.46. The van der Waals surface area contributed by atoms with Gasteiger partial charge in [-0.05, 0) is 36.6 Å². The zero-order chi connectivity index (χ0) is 17.6. The Morgan fingerprint density at radius 2 is 1.68 bits per heavy atom. The summed E-state index contributed by atoms with van der Waals surface area (Å²) in [5.41, 5.74) is 3.38. The monoisotopic (exact) mass is 340 g/mol. The van der Waals surface area contributed by atoms with E-state index in [1.54, 1.807) is 7.11 Å². The van der Waals surface area contributed by atoms with Gasteiger partial charge in [0.1, 0.15) is 5.75 Å². The lowest BCUT2D eigenvalue weighted by molar-refractivity contribution is 0.139. The number of rotatable bonds is 6. The normalized spacial score (nSPS) is 16.7. The molecule has 0 spiro atoms. The zero-order valence-electron chi connectivity index (χ0n) is 15.2. The molecule has 1 saturated heterocycles. The van der Waals surface area contributed by atoms with E-state index in [9.17, 15) is 5.11 Å². The first-order valence-corrected chi connectivity index (χ1v) is 9.03. The molecular weight excluding hydrogens is 312 g/mol. The smallest absolute Gasteiger partial charge is 0.142 e. The van der Waals surface area contributed by atoms with Crippen molar-refractivity contribution in [2.75, 3.05) is 44.7 Å². The summed E-state index contributed by atoms with van der Waals surface area (Å²) < 4.78 is 5.48. The fourth-order valence-electron chi connectivity index (χ4n) is 3.52. The molecule has 3 rings (SSSR count). The maximum absolute atomic E-state index is 10.5. The molecule has 1 heterocycles. The molecule has 1 atom stereocenters. The van der Waals surface area contributed by atoms with E-state index < -0.39 is 0 Å². The molecule has 2 aromatic rings. The third kappa shape index (κ3) is 4.33. The number of anilines is 1. The van der Waals surface area contributed by atoms with E-state index in [0.29, 0.717) is 0 Å². The minimum absolute atomic E-state index is 0.381. The van der Waals surface area contributed by atoms with Crippen LogP contribution in [-0.2, 0) is 0 Å². The van der Waals surface area contributed by atoms with Crippen LogP contribution < -0.4 is 9.64 Å². The molecule has 0 aliphatic carbocycles. The minimum Gasteiger partial charge on any atom is -0.495 e. The van der Waals surface area contributed by atoms with E-state index in [4.69, 9.17) is 4.74 Å².